The van der Waals surface area contributed by atoms with Crippen LogP contribution in [0.4, 0.5) is 5.69 Å². The summed E-state index contributed by atoms with van der Waals surface area (Å²) >= 11 is 12.6. The molecule has 7 heteroatoms. The molecule has 0 atom stereocenters. The van der Waals surface area contributed by atoms with E-state index in [0.717, 1.165) is 5.56 Å². The van der Waals surface area contributed by atoms with Crippen LogP contribution in [0, 0.1) is 6.92 Å². The fraction of sp³-hybridized carbons (Fsp3) is 0.190. The second kappa shape index (κ2) is 9.37. The second-order valence-corrected chi connectivity index (χ2v) is 8.52. The molecule has 1 heterocycles. The van der Waals surface area contributed by atoms with Gasteiger partial charge in [-0.25, -0.2) is 0 Å². The van der Waals surface area contributed by atoms with Gasteiger partial charge in [-0.3, -0.25) is 14.5 Å². The van der Waals surface area contributed by atoms with E-state index in [4.69, 9.17) is 23.8 Å². The summed E-state index contributed by atoms with van der Waals surface area (Å²) in [6.07, 6.45) is 2.67. The van der Waals surface area contributed by atoms with Crippen LogP contribution in [0.3, 0.4) is 0 Å². The lowest BCUT2D eigenvalue weighted by atomic mass is 10.1. The van der Waals surface area contributed by atoms with E-state index in [-0.39, 0.29) is 11.8 Å². The van der Waals surface area contributed by atoms with Crippen LogP contribution in [-0.2, 0) is 9.59 Å². The number of carbonyl (C=O) groups is 2. The Balaban J connectivity index is 1.53. The molecule has 0 aliphatic carbocycles. The standard InChI is InChI=1S/C21H19ClN2O2S2/c1-14-7-9-15(10-8-14)12-18-20(26)24(21(27)28-18)11-3-6-19(25)23-17-5-2-4-16(22)13-17/h2,4-5,7-10,12-13H,3,6,11H2,1H3,(H,23,25). The molecule has 1 aliphatic heterocycles. The maximum atomic E-state index is 12.6. The summed E-state index contributed by atoms with van der Waals surface area (Å²) in [4.78, 5) is 26.9. The van der Waals surface area contributed by atoms with Crippen molar-refractivity contribution < 1.29 is 9.59 Å². The highest BCUT2D eigenvalue weighted by Crippen LogP contribution is 2.32. The monoisotopic (exact) mass is 430 g/mol. The highest BCUT2D eigenvalue weighted by molar-refractivity contribution is 8.26. The molecular formula is C21H19ClN2O2S2. The third-order valence-corrected chi connectivity index (χ3v) is 5.76. The lowest BCUT2D eigenvalue weighted by molar-refractivity contribution is -0.122. The number of thioether (sulfide) groups is 1. The van der Waals surface area contributed by atoms with Crippen molar-refractivity contribution in [2.45, 2.75) is 19.8 Å². The van der Waals surface area contributed by atoms with E-state index in [0.29, 0.717) is 39.3 Å². The number of aryl methyl sites for hydroxylation is 1. The number of nitrogens with zero attached hydrogens (tertiary/aromatic N) is 1. The van der Waals surface area contributed by atoms with Crippen molar-refractivity contribution in [3.8, 4) is 0 Å². The Bertz CT molecular complexity index is 942. The number of carbonyl (C=O) groups excluding carboxylic acids is 2. The summed E-state index contributed by atoms with van der Waals surface area (Å²) in [5.41, 5.74) is 2.79. The predicted octanol–water partition coefficient (Wildman–Crippen LogP) is 5.27. The molecule has 2 aromatic rings. The maximum absolute atomic E-state index is 12.6. The Labute approximate surface area is 178 Å². The van der Waals surface area contributed by atoms with E-state index in [1.165, 1.54) is 17.3 Å². The number of thiocarbonyl (C=S) groups is 1. The van der Waals surface area contributed by atoms with E-state index in [1.54, 1.807) is 29.2 Å². The van der Waals surface area contributed by atoms with Crippen LogP contribution in [-0.4, -0.2) is 27.6 Å². The lowest BCUT2D eigenvalue weighted by Crippen LogP contribution is -2.29. The van der Waals surface area contributed by atoms with Gasteiger partial charge in [0.25, 0.3) is 5.91 Å². The number of benzene rings is 2. The average Bonchev–Trinajstić information content (AvgIpc) is 2.91. The first-order chi connectivity index (χ1) is 13.4. The van der Waals surface area contributed by atoms with Crippen molar-refractivity contribution in [3.63, 3.8) is 0 Å². The zero-order chi connectivity index (χ0) is 20.1. The van der Waals surface area contributed by atoms with Crippen LogP contribution < -0.4 is 5.32 Å². The molecule has 2 amide bonds. The topological polar surface area (TPSA) is 49.4 Å². The minimum Gasteiger partial charge on any atom is -0.326 e. The van der Waals surface area contributed by atoms with E-state index in [2.05, 4.69) is 5.32 Å². The van der Waals surface area contributed by atoms with Gasteiger partial charge < -0.3 is 5.32 Å². The van der Waals surface area contributed by atoms with Crippen molar-refractivity contribution in [1.29, 1.82) is 0 Å². The van der Waals surface area contributed by atoms with Gasteiger partial charge in [-0.2, -0.15) is 0 Å². The molecule has 0 saturated carbocycles. The van der Waals surface area contributed by atoms with Crippen LogP contribution in [0.15, 0.2) is 53.4 Å². The summed E-state index contributed by atoms with van der Waals surface area (Å²) in [6, 6.07) is 15.0. The highest BCUT2D eigenvalue weighted by Gasteiger charge is 2.31. The van der Waals surface area contributed by atoms with Gasteiger partial charge in [0.15, 0.2) is 0 Å². The summed E-state index contributed by atoms with van der Waals surface area (Å²) in [7, 11) is 0. The molecule has 28 heavy (non-hydrogen) atoms. The summed E-state index contributed by atoms with van der Waals surface area (Å²) in [6.45, 7) is 2.44. The Kier molecular flexibility index (Phi) is 6.88. The maximum Gasteiger partial charge on any atom is 0.266 e. The number of nitrogens with one attached hydrogen (secondary N) is 1. The Hall–Kier alpha value is -2.15. The summed E-state index contributed by atoms with van der Waals surface area (Å²) in [5, 5.41) is 3.37. The third kappa shape index (κ3) is 5.44. The van der Waals surface area contributed by atoms with Gasteiger partial charge in [0.2, 0.25) is 5.91 Å². The van der Waals surface area contributed by atoms with Crippen molar-refractivity contribution in [2.24, 2.45) is 0 Å². The second-order valence-electron chi connectivity index (χ2n) is 6.41. The molecule has 1 saturated heterocycles. The number of rotatable bonds is 6. The molecule has 1 N–H and O–H groups in total. The van der Waals surface area contributed by atoms with Gasteiger partial charge >= 0.3 is 0 Å². The number of halogens is 1. The zero-order valence-corrected chi connectivity index (χ0v) is 17.7. The van der Waals surface area contributed by atoms with Gasteiger partial charge in [-0.15, -0.1) is 0 Å². The first-order valence-corrected chi connectivity index (χ1v) is 10.4. The largest absolute Gasteiger partial charge is 0.326 e. The Morgan fingerprint density at radius 2 is 2.00 bits per heavy atom. The first-order valence-electron chi connectivity index (χ1n) is 8.80. The van der Waals surface area contributed by atoms with E-state index >= 15 is 0 Å². The summed E-state index contributed by atoms with van der Waals surface area (Å²) in [5.74, 6) is -0.228. The normalized spacial score (nSPS) is 15.4. The van der Waals surface area contributed by atoms with Gasteiger partial charge in [0.05, 0.1) is 4.91 Å². The quantitative estimate of drug-likeness (QED) is 0.501. The molecule has 0 radical (unpaired) electrons. The molecule has 4 nitrogen and oxygen atoms in total. The Morgan fingerprint density at radius 3 is 2.71 bits per heavy atom. The Morgan fingerprint density at radius 1 is 1.25 bits per heavy atom. The van der Waals surface area contributed by atoms with E-state index < -0.39 is 0 Å². The molecule has 0 spiro atoms. The van der Waals surface area contributed by atoms with Crippen molar-refractivity contribution in [1.82, 2.24) is 4.90 Å². The van der Waals surface area contributed by atoms with Crippen LogP contribution in [0.25, 0.3) is 6.08 Å². The minimum absolute atomic E-state index is 0.106. The first kappa shape index (κ1) is 20.6. The highest BCUT2D eigenvalue weighted by atomic mass is 35.5. The van der Waals surface area contributed by atoms with Crippen molar-refractivity contribution >= 4 is 63.5 Å². The molecule has 144 valence electrons. The van der Waals surface area contributed by atoms with Crippen LogP contribution in [0.5, 0.6) is 0 Å². The summed E-state index contributed by atoms with van der Waals surface area (Å²) < 4.78 is 0.526. The minimum atomic E-state index is -0.122. The third-order valence-electron chi connectivity index (χ3n) is 4.14. The van der Waals surface area contributed by atoms with E-state index in [1.807, 2.05) is 37.3 Å². The molecule has 2 aromatic carbocycles. The van der Waals surface area contributed by atoms with Crippen molar-refractivity contribution in [2.75, 3.05) is 11.9 Å². The molecule has 3 rings (SSSR count). The SMILES string of the molecule is Cc1ccc(C=C2SC(=S)N(CCCC(=O)Nc3cccc(Cl)c3)C2=O)cc1. The number of anilines is 1. The van der Waals surface area contributed by atoms with Gasteiger partial charge in [0.1, 0.15) is 4.32 Å². The molecule has 1 aliphatic rings. The fourth-order valence-corrected chi connectivity index (χ4v) is 4.19. The molecule has 0 bridgehead atoms. The van der Waals surface area contributed by atoms with Gasteiger partial charge in [-0.1, -0.05) is 71.5 Å². The van der Waals surface area contributed by atoms with Gasteiger partial charge in [-0.05, 0) is 43.2 Å². The number of hydrogen-bond acceptors (Lipinski definition) is 4. The smallest absolute Gasteiger partial charge is 0.266 e. The van der Waals surface area contributed by atoms with Crippen LogP contribution >= 0.6 is 35.6 Å². The van der Waals surface area contributed by atoms with Crippen LogP contribution in [0.1, 0.15) is 24.0 Å². The average molecular weight is 431 g/mol. The van der Waals surface area contributed by atoms with Crippen LogP contribution in [0.2, 0.25) is 5.02 Å². The molecule has 0 aromatic heterocycles. The van der Waals surface area contributed by atoms with E-state index in [9.17, 15) is 9.59 Å². The molecular weight excluding hydrogens is 412 g/mol. The van der Waals surface area contributed by atoms with Gasteiger partial charge in [0, 0.05) is 23.7 Å². The lowest BCUT2D eigenvalue weighted by Gasteiger charge is -2.14. The predicted molar refractivity (Wildman–Crippen MR) is 120 cm³/mol. The number of amides is 2. The fourth-order valence-electron chi connectivity index (χ4n) is 2.69. The molecule has 1 fully saturated rings. The zero-order valence-electron chi connectivity index (χ0n) is 15.3. The molecule has 0 unspecified atom stereocenters. The van der Waals surface area contributed by atoms with Crippen molar-refractivity contribution in [3.05, 3.63) is 69.6 Å². The number of hydrogen-bond donors (Lipinski definition) is 1.